The molecule has 1 atom stereocenters. The van der Waals surface area contributed by atoms with Gasteiger partial charge >= 0.3 is 12.1 Å². The van der Waals surface area contributed by atoms with Crippen molar-refractivity contribution in [1.82, 2.24) is 34.9 Å². The minimum absolute atomic E-state index is 0. The highest BCUT2D eigenvalue weighted by atomic mass is 32.1. The zero-order valence-corrected chi connectivity index (χ0v) is 24.4. The van der Waals surface area contributed by atoms with E-state index in [0.717, 1.165) is 40.2 Å². The molecule has 3 aromatic heterocycles. The van der Waals surface area contributed by atoms with Crippen molar-refractivity contribution in [3.8, 4) is 27.5 Å². The van der Waals surface area contributed by atoms with Crippen LogP contribution in [0.3, 0.4) is 0 Å². The number of aryl methyl sites for hydroxylation is 1. The maximum Gasteiger partial charge on any atom is 0.410 e. The molecule has 42 heavy (non-hydrogen) atoms. The van der Waals surface area contributed by atoms with Crippen LogP contribution in [0.1, 0.15) is 47.7 Å². The minimum Gasteiger partial charge on any atom is -0.444 e. The van der Waals surface area contributed by atoms with Crippen molar-refractivity contribution in [1.29, 1.82) is 0 Å². The first-order chi connectivity index (χ1) is 20.2. The summed E-state index contributed by atoms with van der Waals surface area (Å²) in [6, 6.07) is 5.92. The van der Waals surface area contributed by atoms with E-state index in [2.05, 4.69) is 20.6 Å². The van der Waals surface area contributed by atoms with Gasteiger partial charge in [-0.15, -0.1) is 0 Å². The van der Waals surface area contributed by atoms with Crippen LogP contribution < -0.4 is 10.6 Å². The lowest BCUT2D eigenvalue weighted by Crippen LogP contribution is -2.45. The lowest BCUT2D eigenvalue weighted by molar-refractivity contribution is 0.0228. The van der Waals surface area contributed by atoms with E-state index in [-0.39, 0.29) is 15.0 Å². The van der Waals surface area contributed by atoms with Crippen LogP contribution in [0, 0.1) is 5.82 Å². The monoisotopic (exact) mass is 594 g/mol. The smallest absolute Gasteiger partial charge is 0.410 e. The number of anilines is 1. The molecule has 4 heterocycles. The summed E-state index contributed by atoms with van der Waals surface area (Å²) < 4.78 is 22.1. The molecule has 1 fully saturated rings. The zero-order valence-electron chi connectivity index (χ0n) is 23.6. The predicted molar refractivity (Wildman–Crippen MR) is 160 cm³/mol. The number of benzene rings is 1. The second-order valence-electron chi connectivity index (χ2n) is 11.3. The van der Waals surface area contributed by atoms with Crippen LogP contribution in [0.5, 0.6) is 0 Å². The highest BCUT2D eigenvalue weighted by molar-refractivity contribution is 7.19. The van der Waals surface area contributed by atoms with Crippen LogP contribution in [0.25, 0.3) is 27.5 Å². The molecular formula is C29H35FN8O3S. The SMILES string of the molecule is CC(C)(C)OC(=O)N1CCC[C@@H]1CNC(=O)Nc1nc2c(s1)-c1c(c(-c3cncnc3)nn1-c1ccccc1F)CC2.[HH].[HH]. The Hall–Kier alpha value is -4.39. The molecular weight excluding hydrogens is 559 g/mol. The van der Waals surface area contributed by atoms with Gasteiger partial charge in [0.25, 0.3) is 0 Å². The van der Waals surface area contributed by atoms with E-state index in [4.69, 9.17) is 14.8 Å². The number of carbonyl (C=O) groups excluding carboxylic acids is 2. The lowest BCUT2D eigenvalue weighted by Gasteiger charge is -2.28. The van der Waals surface area contributed by atoms with Crippen molar-refractivity contribution >= 4 is 28.6 Å². The summed E-state index contributed by atoms with van der Waals surface area (Å²) in [5.74, 6) is -0.402. The van der Waals surface area contributed by atoms with Gasteiger partial charge in [0.05, 0.1) is 28.0 Å². The minimum atomic E-state index is -0.587. The molecule has 1 aliphatic carbocycles. The fraction of sp³-hybridized carbons (Fsp3) is 0.379. The van der Waals surface area contributed by atoms with Crippen molar-refractivity contribution in [2.75, 3.05) is 18.4 Å². The summed E-state index contributed by atoms with van der Waals surface area (Å²) in [5.41, 5.74) is 3.65. The van der Waals surface area contributed by atoms with E-state index in [1.165, 1.54) is 23.7 Å². The standard InChI is InChI=1S/C29H31FN8O3S.2H2/c1-29(2,3)41-28(40)37-12-6-7-18(37)15-33-26(39)35-27-34-21-11-10-19-23(17-13-31-16-32-14-17)36-38(24(19)25(21)42-27)22-9-5-4-8-20(22)30;;/h4-5,8-9,13-14,16,18H,6-7,10-12,15H2,1-3H3,(H2,33,34,35,39);2*1H/t18-;;/m1../s1. The summed E-state index contributed by atoms with van der Waals surface area (Å²) >= 11 is 1.32. The first kappa shape index (κ1) is 27.8. The number of nitrogens with one attached hydrogen (secondary N) is 2. The van der Waals surface area contributed by atoms with Gasteiger partial charge in [-0.2, -0.15) is 5.10 Å². The van der Waals surface area contributed by atoms with Crippen LogP contribution in [0.15, 0.2) is 43.0 Å². The van der Waals surface area contributed by atoms with Crippen LogP contribution in [-0.2, 0) is 17.6 Å². The molecule has 1 aliphatic heterocycles. The zero-order chi connectivity index (χ0) is 29.4. The molecule has 1 aromatic carbocycles. The number of carbonyl (C=O) groups is 2. The Balaban J connectivity index is 0.00000221. The number of nitrogens with zero attached hydrogens (tertiary/aromatic N) is 6. The van der Waals surface area contributed by atoms with Gasteiger partial charge in [0.15, 0.2) is 5.13 Å². The van der Waals surface area contributed by atoms with Gasteiger partial charge in [0.1, 0.15) is 23.4 Å². The van der Waals surface area contributed by atoms with Gasteiger partial charge in [0, 0.05) is 39.5 Å². The van der Waals surface area contributed by atoms with E-state index in [1.807, 2.05) is 20.8 Å². The van der Waals surface area contributed by atoms with Crippen LogP contribution >= 0.6 is 11.3 Å². The number of fused-ring (bicyclic) bond motifs is 3. The van der Waals surface area contributed by atoms with E-state index in [1.54, 1.807) is 40.2 Å². The third-order valence-electron chi connectivity index (χ3n) is 7.15. The van der Waals surface area contributed by atoms with Crippen LogP contribution in [0.2, 0.25) is 0 Å². The number of urea groups is 1. The quantitative estimate of drug-likeness (QED) is 0.303. The maximum atomic E-state index is 15.0. The molecule has 2 N–H and O–H groups in total. The van der Waals surface area contributed by atoms with Gasteiger partial charge < -0.3 is 15.0 Å². The maximum absolute atomic E-state index is 15.0. The molecule has 0 radical (unpaired) electrons. The first-order valence-corrected chi connectivity index (χ1v) is 14.7. The van der Waals surface area contributed by atoms with Crippen molar-refractivity contribution in [3.05, 3.63) is 60.1 Å². The molecule has 0 unspecified atom stereocenters. The van der Waals surface area contributed by atoms with E-state index >= 15 is 0 Å². The number of halogens is 1. The number of thiazole rings is 1. The molecule has 11 nitrogen and oxygen atoms in total. The fourth-order valence-corrected chi connectivity index (χ4v) is 6.40. The largest absolute Gasteiger partial charge is 0.444 e. The van der Waals surface area contributed by atoms with E-state index in [9.17, 15) is 14.0 Å². The number of ether oxygens (including phenoxy) is 1. The molecule has 222 valence electrons. The Morgan fingerprint density at radius 1 is 1.19 bits per heavy atom. The molecule has 2 aliphatic rings. The van der Waals surface area contributed by atoms with Gasteiger partial charge in [-0.25, -0.2) is 33.6 Å². The average Bonchev–Trinajstić information content (AvgIpc) is 3.68. The summed E-state index contributed by atoms with van der Waals surface area (Å²) in [7, 11) is 0. The molecule has 13 heteroatoms. The van der Waals surface area contributed by atoms with E-state index < -0.39 is 17.4 Å². The first-order valence-electron chi connectivity index (χ1n) is 13.8. The van der Waals surface area contributed by atoms with Gasteiger partial charge in [-0.3, -0.25) is 5.32 Å². The second kappa shape index (κ2) is 11.1. The predicted octanol–water partition coefficient (Wildman–Crippen LogP) is 5.70. The number of hydrogen-bond donors (Lipinski definition) is 2. The number of aromatic nitrogens is 5. The molecule has 1 saturated heterocycles. The number of hydrogen-bond acceptors (Lipinski definition) is 8. The summed E-state index contributed by atoms with van der Waals surface area (Å²) in [4.78, 5) is 40.9. The number of para-hydroxylation sites is 1. The third-order valence-corrected chi connectivity index (χ3v) is 8.17. The topological polar surface area (TPSA) is 127 Å². The van der Waals surface area contributed by atoms with Gasteiger partial charge in [-0.1, -0.05) is 23.5 Å². The third kappa shape index (κ3) is 5.56. The van der Waals surface area contributed by atoms with Crippen molar-refractivity contribution in [3.63, 3.8) is 0 Å². The average molecular weight is 595 g/mol. The van der Waals surface area contributed by atoms with Crippen molar-refractivity contribution in [2.24, 2.45) is 0 Å². The number of amides is 3. The molecule has 0 bridgehead atoms. The number of likely N-dealkylation sites (tertiary alicyclic amines) is 1. The van der Waals surface area contributed by atoms with Crippen LogP contribution in [0.4, 0.5) is 19.1 Å². The van der Waals surface area contributed by atoms with E-state index in [0.29, 0.717) is 42.4 Å². The molecule has 0 spiro atoms. The van der Waals surface area contributed by atoms with Gasteiger partial charge in [0.2, 0.25) is 0 Å². The molecule has 4 aromatic rings. The Bertz CT molecular complexity index is 1640. The number of rotatable bonds is 5. The summed E-state index contributed by atoms with van der Waals surface area (Å²) in [6.07, 6.45) is 7.37. The molecule has 3 amide bonds. The Labute approximate surface area is 249 Å². The Kier molecular flexibility index (Phi) is 7.35. The fourth-order valence-electron chi connectivity index (χ4n) is 5.34. The normalized spacial score (nSPS) is 16.1. The van der Waals surface area contributed by atoms with Crippen LogP contribution in [-0.4, -0.2) is 66.5 Å². The van der Waals surface area contributed by atoms with Crippen molar-refractivity contribution in [2.45, 2.75) is 58.1 Å². The summed E-state index contributed by atoms with van der Waals surface area (Å²) in [5, 5.41) is 11.0. The molecule has 0 saturated carbocycles. The highest BCUT2D eigenvalue weighted by Gasteiger charge is 2.33. The van der Waals surface area contributed by atoms with Gasteiger partial charge in [-0.05, 0) is 58.6 Å². The summed E-state index contributed by atoms with van der Waals surface area (Å²) in [6.45, 7) is 6.38. The Morgan fingerprint density at radius 2 is 1.98 bits per heavy atom. The highest BCUT2D eigenvalue weighted by Crippen LogP contribution is 2.44. The molecule has 6 rings (SSSR count). The second-order valence-corrected chi connectivity index (χ2v) is 12.3. The van der Waals surface area contributed by atoms with Crippen molar-refractivity contribution < 1.29 is 21.6 Å². The Morgan fingerprint density at radius 3 is 2.74 bits per heavy atom. The lowest BCUT2D eigenvalue weighted by atomic mass is 9.96.